The van der Waals surface area contributed by atoms with Crippen molar-refractivity contribution in [1.82, 2.24) is 0 Å². The maximum absolute atomic E-state index is 12.1. The van der Waals surface area contributed by atoms with Gasteiger partial charge in [0.1, 0.15) is 17.2 Å². The van der Waals surface area contributed by atoms with Gasteiger partial charge in [0.05, 0.1) is 16.3 Å². The van der Waals surface area contributed by atoms with Crippen LogP contribution in [0.3, 0.4) is 0 Å². The molecule has 1 saturated carbocycles. The minimum Gasteiger partial charge on any atom is -0.506 e. The predicted octanol–water partition coefficient (Wildman–Crippen LogP) is 2.95. The van der Waals surface area contributed by atoms with Crippen molar-refractivity contribution in [3.63, 3.8) is 0 Å². The van der Waals surface area contributed by atoms with Gasteiger partial charge < -0.3 is 15.6 Å². The second kappa shape index (κ2) is 5.53. The average Bonchev–Trinajstić information content (AvgIpc) is 3.27. The Hall–Kier alpha value is -2.21. The third kappa shape index (κ3) is 3.33. The molecule has 6 heteroatoms. The number of ether oxygens (including phenoxy) is 1. The molecule has 0 spiro atoms. The van der Waals surface area contributed by atoms with Crippen LogP contribution in [-0.2, 0) is 9.84 Å². The van der Waals surface area contributed by atoms with Gasteiger partial charge >= 0.3 is 0 Å². The quantitative estimate of drug-likeness (QED) is 0.653. The van der Waals surface area contributed by atoms with Crippen molar-refractivity contribution in [2.75, 3.05) is 11.5 Å². The fourth-order valence-corrected chi connectivity index (χ4v) is 3.83. The van der Waals surface area contributed by atoms with Gasteiger partial charge in [-0.2, -0.15) is 0 Å². The van der Waals surface area contributed by atoms with Crippen LogP contribution in [0.1, 0.15) is 12.8 Å². The molecule has 1 aliphatic carbocycles. The molecule has 116 valence electrons. The van der Waals surface area contributed by atoms with Crippen LogP contribution in [0.15, 0.2) is 47.4 Å². The van der Waals surface area contributed by atoms with E-state index in [1.165, 1.54) is 6.07 Å². The van der Waals surface area contributed by atoms with Crippen LogP contribution in [-0.4, -0.2) is 19.3 Å². The summed E-state index contributed by atoms with van der Waals surface area (Å²) in [4.78, 5) is 0.312. The summed E-state index contributed by atoms with van der Waals surface area (Å²) in [6, 6.07) is 10.9. The van der Waals surface area contributed by atoms with Crippen molar-refractivity contribution in [3.05, 3.63) is 42.5 Å². The first-order chi connectivity index (χ1) is 10.4. The van der Waals surface area contributed by atoms with Crippen molar-refractivity contribution < 1.29 is 18.3 Å². The third-order valence-corrected chi connectivity index (χ3v) is 5.47. The molecule has 2 aromatic rings. The number of phenolic OH excluding ortho intramolecular Hbond substituents is 1. The van der Waals surface area contributed by atoms with Crippen LogP contribution in [0.2, 0.25) is 0 Å². The lowest BCUT2D eigenvalue weighted by Crippen LogP contribution is -2.08. The lowest BCUT2D eigenvalue weighted by molar-refractivity contribution is 0.457. The van der Waals surface area contributed by atoms with Gasteiger partial charge in [-0.05, 0) is 55.2 Å². The van der Waals surface area contributed by atoms with Crippen LogP contribution in [0.4, 0.5) is 5.69 Å². The summed E-state index contributed by atoms with van der Waals surface area (Å²) in [6.07, 6.45) is 2.00. The molecule has 1 aliphatic rings. The molecule has 0 atom stereocenters. The molecule has 0 radical (unpaired) electrons. The summed E-state index contributed by atoms with van der Waals surface area (Å²) in [5, 5.41) is 9.53. The number of sulfone groups is 1. The molecule has 3 rings (SSSR count). The highest BCUT2D eigenvalue weighted by Crippen LogP contribution is 2.33. The molecule has 0 unspecified atom stereocenters. The number of aromatic hydroxyl groups is 1. The topological polar surface area (TPSA) is 89.6 Å². The van der Waals surface area contributed by atoms with E-state index in [2.05, 4.69) is 0 Å². The molecule has 1 fully saturated rings. The first-order valence-corrected chi connectivity index (χ1v) is 8.68. The molecule has 0 aromatic heterocycles. The minimum atomic E-state index is -3.21. The summed E-state index contributed by atoms with van der Waals surface area (Å²) < 4.78 is 29.9. The van der Waals surface area contributed by atoms with E-state index in [1.807, 2.05) is 0 Å². The number of anilines is 1. The van der Waals surface area contributed by atoms with E-state index >= 15 is 0 Å². The molecule has 0 saturated heterocycles. The van der Waals surface area contributed by atoms with E-state index in [0.717, 1.165) is 12.8 Å². The number of benzene rings is 2. The van der Waals surface area contributed by atoms with Crippen LogP contribution in [0.5, 0.6) is 17.2 Å². The monoisotopic (exact) mass is 319 g/mol. The lowest BCUT2D eigenvalue weighted by Gasteiger charge is -2.08. The highest BCUT2D eigenvalue weighted by atomic mass is 32.2. The Labute approximate surface area is 129 Å². The summed E-state index contributed by atoms with van der Waals surface area (Å²) in [5.74, 6) is 1.41. The van der Waals surface area contributed by atoms with E-state index in [9.17, 15) is 13.5 Å². The third-order valence-electron chi connectivity index (χ3n) is 3.57. The highest BCUT2D eigenvalue weighted by molar-refractivity contribution is 7.91. The van der Waals surface area contributed by atoms with E-state index in [0.29, 0.717) is 22.3 Å². The molecule has 22 heavy (non-hydrogen) atoms. The molecular formula is C16H17NO4S. The van der Waals surface area contributed by atoms with Gasteiger partial charge in [-0.3, -0.25) is 0 Å². The van der Waals surface area contributed by atoms with Gasteiger partial charge in [0.2, 0.25) is 0 Å². The Morgan fingerprint density at radius 1 is 1.09 bits per heavy atom. The van der Waals surface area contributed by atoms with Gasteiger partial charge in [0.25, 0.3) is 0 Å². The fourth-order valence-electron chi connectivity index (χ4n) is 2.13. The molecule has 0 heterocycles. The number of hydrogen-bond donors (Lipinski definition) is 2. The number of rotatable bonds is 5. The summed E-state index contributed by atoms with van der Waals surface area (Å²) in [6.45, 7) is 0. The van der Waals surface area contributed by atoms with Crippen molar-refractivity contribution in [2.45, 2.75) is 17.7 Å². The van der Waals surface area contributed by atoms with Gasteiger partial charge in [0.15, 0.2) is 9.84 Å². The number of nitrogens with two attached hydrogens (primary N) is 1. The molecule has 5 nitrogen and oxygen atoms in total. The van der Waals surface area contributed by atoms with Crippen LogP contribution in [0, 0.1) is 5.92 Å². The zero-order valence-electron chi connectivity index (χ0n) is 11.9. The molecular weight excluding hydrogens is 302 g/mol. The van der Waals surface area contributed by atoms with Crippen LogP contribution >= 0.6 is 0 Å². The van der Waals surface area contributed by atoms with E-state index < -0.39 is 9.84 Å². The summed E-state index contributed by atoms with van der Waals surface area (Å²) in [7, 11) is -3.21. The first-order valence-electron chi connectivity index (χ1n) is 7.03. The van der Waals surface area contributed by atoms with Crippen molar-refractivity contribution in [1.29, 1.82) is 0 Å². The Bertz CT molecular complexity index is 780. The number of phenols is 1. The Kier molecular flexibility index (Phi) is 3.70. The smallest absolute Gasteiger partial charge is 0.178 e. The second-order valence-electron chi connectivity index (χ2n) is 5.52. The largest absolute Gasteiger partial charge is 0.506 e. The zero-order valence-corrected chi connectivity index (χ0v) is 12.7. The first kappa shape index (κ1) is 14.7. The molecule has 0 bridgehead atoms. The Balaban J connectivity index is 1.74. The van der Waals surface area contributed by atoms with Crippen molar-refractivity contribution >= 4 is 15.5 Å². The van der Waals surface area contributed by atoms with E-state index in [4.69, 9.17) is 10.5 Å². The SMILES string of the molecule is Nc1ccc(Oc2ccc(S(=O)(=O)CC3CC3)cc2)cc1O. The molecule has 0 aliphatic heterocycles. The van der Waals surface area contributed by atoms with E-state index in [1.54, 1.807) is 36.4 Å². The second-order valence-corrected chi connectivity index (χ2v) is 7.55. The summed E-state index contributed by atoms with van der Waals surface area (Å²) in [5.41, 5.74) is 5.79. The standard InChI is InChI=1S/C16H17NO4S/c17-15-8-5-13(9-16(15)18)21-12-3-6-14(7-4-12)22(19,20)10-11-1-2-11/h3-9,11,18H,1-2,10,17H2. The number of hydrogen-bond acceptors (Lipinski definition) is 5. The fraction of sp³-hybridized carbons (Fsp3) is 0.250. The van der Waals surface area contributed by atoms with E-state index in [-0.39, 0.29) is 17.2 Å². The highest BCUT2D eigenvalue weighted by Gasteiger charge is 2.28. The normalized spacial score (nSPS) is 14.7. The minimum absolute atomic E-state index is 0.0545. The van der Waals surface area contributed by atoms with Gasteiger partial charge in [0, 0.05) is 6.07 Å². The molecule has 0 amide bonds. The lowest BCUT2D eigenvalue weighted by atomic mass is 10.3. The van der Waals surface area contributed by atoms with Gasteiger partial charge in [-0.1, -0.05) is 0 Å². The average molecular weight is 319 g/mol. The maximum atomic E-state index is 12.1. The Morgan fingerprint density at radius 3 is 2.32 bits per heavy atom. The van der Waals surface area contributed by atoms with Gasteiger partial charge in [-0.15, -0.1) is 0 Å². The van der Waals surface area contributed by atoms with Crippen molar-refractivity contribution in [2.24, 2.45) is 5.92 Å². The predicted molar refractivity (Wildman–Crippen MR) is 83.8 cm³/mol. The van der Waals surface area contributed by atoms with Crippen LogP contribution < -0.4 is 10.5 Å². The zero-order chi connectivity index (χ0) is 15.7. The molecule has 2 aromatic carbocycles. The number of nitrogen functional groups attached to an aromatic ring is 1. The molecule has 3 N–H and O–H groups in total. The van der Waals surface area contributed by atoms with Gasteiger partial charge in [-0.25, -0.2) is 8.42 Å². The summed E-state index contributed by atoms with van der Waals surface area (Å²) >= 11 is 0. The maximum Gasteiger partial charge on any atom is 0.178 e. The van der Waals surface area contributed by atoms with Crippen LogP contribution in [0.25, 0.3) is 0 Å². The van der Waals surface area contributed by atoms with Crippen molar-refractivity contribution in [3.8, 4) is 17.2 Å². The Morgan fingerprint density at radius 2 is 1.73 bits per heavy atom.